The molecule has 5 aromatic carbocycles. The van der Waals surface area contributed by atoms with Crippen molar-refractivity contribution < 1.29 is 4.74 Å². The lowest BCUT2D eigenvalue weighted by Crippen LogP contribution is -2.46. The van der Waals surface area contributed by atoms with E-state index in [1.54, 1.807) is 0 Å². The van der Waals surface area contributed by atoms with Crippen LogP contribution in [0, 0.1) is 5.92 Å². The third kappa shape index (κ3) is 4.18. The summed E-state index contributed by atoms with van der Waals surface area (Å²) in [6.45, 7) is 0. The van der Waals surface area contributed by atoms with Gasteiger partial charge >= 0.3 is 0 Å². The normalized spacial score (nSPS) is 24.2. The topological polar surface area (TPSA) is 9.23 Å². The van der Waals surface area contributed by atoms with Crippen LogP contribution in [0.15, 0.2) is 127 Å². The van der Waals surface area contributed by atoms with Gasteiger partial charge < -0.3 is 4.74 Å². The van der Waals surface area contributed by atoms with Crippen molar-refractivity contribution in [3.63, 3.8) is 0 Å². The smallest absolute Gasteiger partial charge is 0.131 e. The van der Waals surface area contributed by atoms with E-state index < -0.39 is 0 Å². The van der Waals surface area contributed by atoms with Crippen LogP contribution in [0.1, 0.15) is 69.5 Å². The molecule has 0 saturated carbocycles. The molecule has 0 aromatic heterocycles. The maximum Gasteiger partial charge on any atom is 0.131 e. The molecule has 5 aliphatic carbocycles. The number of rotatable bonds is 2. The lowest BCUT2D eigenvalue weighted by Gasteiger charge is -2.43. The lowest BCUT2D eigenvalue weighted by molar-refractivity contribution is 0.173. The van der Waals surface area contributed by atoms with Gasteiger partial charge in [-0.2, -0.15) is 0 Å². The average Bonchev–Trinajstić information content (AvgIpc) is 3.17. The SMILES string of the molecule is C1=Cc2ccc(-c3ccc4c(c3)C3C=Cc5ccc(-c6cccc7c6OC6C=c8ccccc8=C8C=CCC7C86)cc5C3C=C4)cc2CC1. The molecule has 1 heteroatoms. The van der Waals surface area contributed by atoms with Gasteiger partial charge in [0.25, 0.3) is 0 Å². The summed E-state index contributed by atoms with van der Waals surface area (Å²) in [7, 11) is 0. The summed E-state index contributed by atoms with van der Waals surface area (Å²) < 4.78 is 7.06. The molecular weight excluding hydrogens is 593 g/mol. The van der Waals surface area contributed by atoms with Crippen LogP contribution in [0.2, 0.25) is 0 Å². The third-order valence-electron chi connectivity index (χ3n) is 12.1. The van der Waals surface area contributed by atoms with Gasteiger partial charge in [-0.25, -0.2) is 0 Å². The highest BCUT2D eigenvalue weighted by atomic mass is 16.5. The molecule has 0 fully saturated rings. The maximum atomic E-state index is 7.06. The zero-order chi connectivity index (χ0) is 32.1. The number of hydrogen-bond donors (Lipinski definition) is 0. The standard InChI is InChI=1S/C48H36O/c1-2-8-32-25-33(18-15-29(32)7-1)34-19-16-30-21-24-40-39(44(30)26-34)23-22-31-17-20-36(27-45(31)40)38-11-5-14-43-42-13-6-12-41-37-10-4-3-9-35(37)28-46(47(41)42)49-48(38)43/h1,3-7,9-12,14-28,39-40,42,46-47H,2,8,13H2. The summed E-state index contributed by atoms with van der Waals surface area (Å²) in [6.07, 6.45) is 24.6. The van der Waals surface area contributed by atoms with Gasteiger partial charge in [0.1, 0.15) is 11.9 Å². The Labute approximate surface area is 287 Å². The monoisotopic (exact) mass is 628 g/mol. The number of hydrogen-bond acceptors (Lipinski definition) is 1. The second-order valence-electron chi connectivity index (χ2n) is 14.6. The van der Waals surface area contributed by atoms with Crippen LogP contribution in [0.3, 0.4) is 0 Å². The largest absolute Gasteiger partial charge is 0.485 e. The quantitative estimate of drug-likeness (QED) is 0.189. The van der Waals surface area contributed by atoms with E-state index in [9.17, 15) is 0 Å². The molecule has 11 rings (SSSR count). The fourth-order valence-corrected chi connectivity index (χ4v) is 9.69. The molecule has 1 nitrogen and oxygen atoms in total. The molecule has 234 valence electrons. The lowest BCUT2D eigenvalue weighted by atomic mass is 9.68. The first-order valence-electron chi connectivity index (χ1n) is 18.0. The zero-order valence-corrected chi connectivity index (χ0v) is 27.4. The summed E-state index contributed by atoms with van der Waals surface area (Å²) >= 11 is 0. The van der Waals surface area contributed by atoms with Crippen LogP contribution in [-0.2, 0) is 6.42 Å². The van der Waals surface area contributed by atoms with Gasteiger partial charge in [0, 0.05) is 29.2 Å². The van der Waals surface area contributed by atoms with Crippen molar-refractivity contribution >= 4 is 29.9 Å². The van der Waals surface area contributed by atoms with E-state index in [2.05, 4.69) is 152 Å². The van der Waals surface area contributed by atoms with Gasteiger partial charge in [-0.1, -0.05) is 134 Å². The maximum absolute atomic E-state index is 7.06. The van der Waals surface area contributed by atoms with E-state index in [4.69, 9.17) is 4.74 Å². The van der Waals surface area contributed by atoms with Crippen molar-refractivity contribution in [2.24, 2.45) is 5.92 Å². The van der Waals surface area contributed by atoms with Crippen molar-refractivity contribution in [1.29, 1.82) is 0 Å². The van der Waals surface area contributed by atoms with E-state index in [0.717, 1.165) is 25.0 Å². The Morgan fingerprint density at radius 1 is 0.592 bits per heavy atom. The van der Waals surface area contributed by atoms with Gasteiger partial charge in [0.05, 0.1) is 0 Å². The summed E-state index contributed by atoms with van der Waals surface area (Å²) in [5, 5.41) is 2.65. The van der Waals surface area contributed by atoms with E-state index in [1.165, 1.54) is 77.2 Å². The number of allylic oxidation sites excluding steroid dienone is 5. The first kappa shape index (κ1) is 27.5. The second-order valence-corrected chi connectivity index (χ2v) is 14.6. The van der Waals surface area contributed by atoms with E-state index in [0.29, 0.717) is 23.7 Å². The molecule has 1 aliphatic heterocycles. The van der Waals surface area contributed by atoms with Crippen molar-refractivity contribution in [2.75, 3.05) is 0 Å². The molecule has 0 radical (unpaired) electrons. The van der Waals surface area contributed by atoms with Crippen molar-refractivity contribution in [2.45, 2.75) is 43.1 Å². The van der Waals surface area contributed by atoms with E-state index in [-0.39, 0.29) is 6.10 Å². The zero-order valence-electron chi connectivity index (χ0n) is 27.4. The molecule has 0 bridgehead atoms. The van der Waals surface area contributed by atoms with Crippen LogP contribution < -0.4 is 15.2 Å². The minimum Gasteiger partial charge on any atom is -0.485 e. The number of para-hydroxylation sites is 1. The van der Waals surface area contributed by atoms with Gasteiger partial charge in [-0.05, 0) is 109 Å². The fraction of sp³-hybridized carbons (Fsp3) is 0.167. The molecule has 5 aromatic rings. The van der Waals surface area contributed by atoms with Crippen LogP contribution in [0.5, 0.6) is 5.75 Å². The molecule has 0 spiro atoms. The van der Waals surface area contributed by atoms with Gasteiger partial charge in [0.2, 0.25) is 0 Å². The molecular formula is C48H36O. The summed E-state index contributed by atoms with van der Waals surface area (Å²) in [5.41, 5.74) is 16.2. The van der Waals surface area contributed by atoms with E-state index in [1.807, 2.05) is 0 Å². The Morgan fingerprint density at radius 2 is 1.35 bits per heavy atom. The Balaban J connectivity index is 0.973. The summed E-state index contributed by atoms with van der Waals surface area (Å²) in [6, 6.07) is 36.8. The highest BCUT2D eigenvalue weighted by molar-refractivity contribution is 5.80. The third-order valence-corrected chi connectivity index (χ3v) is 12.1. The Morgan fingerprint density at radius 3 is 2.20 bits per heavy atom. The molecule has 0 N–H and O–H groups in total. The van der Waals surface area contributed by atoms with Gasteiger partial charge in [0.15, 0.2) is 0 Å². The number of benzene rings is 5. The molecule has 49 heavy (non-hydrogen) atoms. The Kier molecular flexibility index (Phi) is 5.93. The first-order valence-corrected chi connectivity index (χ1v) is 18.0. The minimum absolute atomic E-state index is 0.0389. The van der Waals surface area contributed by atoms with Crippen LogP contribution in [0.25, 0.3) is 52.1 Å². The predicted octanol–water partition coefficient (Wildman–Crippen LogP) is 9.97. The van der Waals surface area contributed by atoms with Crippen LogP contribution >= 0.6 is 0 Å². The highest BCUT2D eigenvalue weighted by Gasteiger charge is 2.42. The summed E-state index contributed by atoms with van der Waals surface area (Å²) in [4.78, 5) is 0. The van der Waals surface area contributed by atoms with Gasteiger partial charge in [-0.15, -0.1) is 0 Å². The molecule has 0 amide bonds. The molecule has 1 heterocycles. The highest BCUT2D eigenvalue weighted by Crippen LogP contribution is 2.53. The Bertz CT molecular complexity index is 2490. The first-order chi connectivity index (χ1) is 24.3. The van der Waals surface area contributed by atoms with Crippen molar-refractivity contribution in [3.05, 3.63) is 177 Å². The number of fused-ring (bicyclic) bond motifs is 9. The van der Waals surface area contributed by atoms with Crippen molar-refractivity contribution in [1.82, 2.24) is 0 Å². The molecule has 5 unspecified atom stereocenters. The number of aryl methyl sites for hydroxylation is 1. The van der Waals surface area contributed by atoms with Crippen molar-refractivity contribution in [3.8, 4) is 28.0 Å². The fourth-order valence-electron chi connectivity index (χ4n) is 9.69. The molecule has 6 aliphatic rings. The second kappa shape index (κ2) is 10.5. The minimum atomic E-state index is 0.0389. The molecule has 0 saturated heterocycles. The summed E-state index contributed by atoms with van der Waals surface area (Å²) in [5.74, 6) is 2.45. The predicted molar refractivity (Wildman–Crippen MR) is 203 cm³/mol. The van der Waals surface area contributed by atoms with Gasteiger partial charge in [-0.3, -0.25) is 0 Å². The van der Waals surface area contributed by atoms with Crippen LogP contribution in [0.4, 0.5) is 0 Å². The number of ether oxygens (including phenoxy) is 1. The average molecular weight is 629 g/mol. The molecule has 5 atom stereocenters. The van der Waals surface area contributed by atoms with E-state index >= 15 is 0 Å². The Hall–Kier alpha value is -5.40. The van der Waals surface area contributed by atoms with Crippen LogP contribution in [-0.4, -0.2) is 6.10 Å².